The molecule has 0 saturated carbocycles. The molecule has 0 bridgehead atoms. The Morgan fingerprint density at radius 3 is 2.40 bits per heavy atom. The van der Waals surface area contributed by atoms with Gasteiger partial charge in [-0.15, -0.1) is 0 Å². The van der Waals surface area contributed by atoms with Gasteiger partial charge in [0.1, 0.15) is 0 Å². The van der Waals surface area contributed by atoms with Crippen molar-refractivity contribution in [1.29, 1.82) is 0 Å². The van der Waals surface area contributed by atoms with Crippen LogP contribution in [0.4, 0.5) is 5.69 Å². The number of sulfonamides is 1. The molecule has 6 nitrogen and oxygen atoms in total. The molecule has 0 aromatic heterocycles. The van der Waals surface area contributed by atoms with E-state index in [-0.39, 0.29) is 4.90 Å². The van der Waals surface area contributed by atoms with Crippen LogP contribution in [0, 0.1) is 5.92 Å². The van der Waals surface area contributed by atoms with Gasteiger partial charge >= 0.3 is 0 Å². The third-order valence-corrected chi connectivity index (χ3v) is 5.17. The molecule has 1 aromatic rings. The monoisotopic (exact) mass is 298 g/mol. The highest BCUT2D eigenvalue weighted by molar-refractivity contribution is 7.89. The number of benzene rings is 1. The minimum atomic E-state index is -3.43. The molecule has 0 unspecified atom stereocenters. The zero-order chi connectivity index (χ0) is 14.6. The smallest absolute Gasteiger partial charge is 0.240 e. The predicted octanol–water partition coefficient (Wildman–Crippen LogP) is 0.592. The Labute approximate surface area is 120 Å². The lowest BCUT2D eigenvalue weighted by molar-refractivity contribution is 0.220. The first kappa shape index (κ1) is 15.2. The second-order valence-electron chi connectivity index (χ2n) is 5.27. The third kappa shape index (κ3) is 3.92. The second-order valence-corrected chi connectivity index (χ2v) is 7.03. The number of nitrogens with zero attached hydrogens (tertiary/aromatic N) is 1. The molecule has 1 heterocycles. The van der Waals surface area contributed by atoms with Gasteiger partial charge < -0.3 is 10.3 Å². The Morgan fingerprint density at radius 2 is 1.85 bits per heavy atom. The maximum atomic E-state index is 12.2. The molecule has 112 valence electrons. The van der Waals surface area contributed by atoms with E-state index in [1.807, 2.05) is 0 Å². The van der Waals surface area contributed by atoms with Crippen molar-refractivity contribution in [1.82, 2.24) is 9.62 Å². The summed E-state index contributed by atoms with van der Waals surface area (Å²) in [6.45, 7) is 2.57. The molecule has 1 fully saturated rings. The Bertz CT molecular complexity index is 522. The molecule has 1 aliphatic heterocycles. The molecule has 2 rings (SSSR count). The molecular weight excluding hydrogens is 276 g/mol. The SMILES string of the molecule is CN1CCC(CNS(=O)(=O)c2ccc(NN)cc2)CC1. The van der Waals surface area contributed by atoms with Crippen molar-refractivity contribution in [3.8, 4) is 0 Å². The number of anilines is 1. The molecule has 7 heteroatoms. The normalized spacial score (nSPS) is 18.1. The zero-order valence-electron chi connectivity index (χ0n) is 11.7. The van der Waals surface area contributed by atoms with Gasteiger partial charge in [-0.1, -0.05) is 0 Å². The summed E-state index contributed by atoms with van der Waals surface area (Å²) >= 11 is 0. The minimum Gasteiger partial charge on any atom is -0.324 e. The van der Waals surface area contributed by atoms with Crippen molar-refractivity contribution in [3.63, 3.8) is 0 Å². The van der Waals surface area contributed by atoms with Crippen LogP contribution >= 0.6 is 0 Å². The second kappa shape index (κ2) is 6.53. The molecule has 0 spiro atoms. The summed E-state index contributed by atoms with van der Waals surface area (Å²) in [6.07, 6.45) is 2.07. The summed E-state index contributed by atoms with van der Waals surface area (Å²) in [5, 5.41) is 0. The summed E-state index contributed by atoms with van der Waals surface area (Å²) in [5.74, 6) is 5.68. The van der Waals surface area contributed by atoms with E-state index in [0.717, 1.165) is 25.9 Å². The lowest BCUT2D eigenvalue weighted by Gasteiger charge is -2.28. The highest BCUT2D eigenvalue weighted by atomic mass is 32.2. The van der Waals surface area contributed by atoms with Gasteiger partial charge in [0, 0.05) is 12.2 Å². The van der Waals surface area contributed by atoms with Gasteiger partial charge in [0.05, 0.1) is 4.90 Å². The maximum Gasteiger partial charge on any atom is 0.240 e. The van der Waals surface area contributed by atoms with Crippen LogP contribution in [0.1, 0.15) is 12.8 Å². The number of piperidine rings is 1. The Balaban J connectivity index is 1.93. The highest BCUT2D eigenvalue weighted by Gasteiger charge is 2.20. The van der Waals surface area contributed by atoms with Crippen molar-refractivity contribution in [3.05, 3.63) is 24.3 Å². The molecule has 1 saturated heterocycles. The number of nitrogen functional groups attached to an aromatic ring is 1. The zero-order valence-corrected chi connectivity index (χ0v) is 12.5. The van der Waals surface area contributed by atoms with E-state index in [1.54, 1.807) is 24.3 Å². The minimum absolute atomic E-state index is 0.268. The van der Waals surface area contributed by atoms with Crippen molar-refractivity contribution in [2.75, 3.05) is 32.1 Å². The molecule has 20 heavy (non-hydrogen) atoms. The first-order valence-corrected chi connectivity index (χ1v) is 8.24. The van der Waals surface area contributed by atoms with Crippen LogP contribution in [0.5, 0.6) is 0 Å². The van der Waals surface area contributed by atoms with Gasteiger partial charge in [-0.2, -0.15) is 0 Å². The Kier molecular flexibility index (Phi) is 4.98. The van der Waals surface area contributed by atoms with Gasteiger partial charge in [0.25, 0.3) is 0 Å². The van der Waals surface area contributed by atoms with Crippen LogP contribution in [0.25, 0.3) is 0 Å². The quantitative estimate of drug-likeness (QED) is 0.547. The average Bonchev–Trinajstić information content (AvgIpc) is 2.47. The fraction of sp³-hybridized carbons (Fsp3) is 0.538. The first-order chi connectivity index (χ1) is 9.51. The Morgan fingerprint density at radius 1 is 1.25 bits per heavy atom. The molecule has 4 N–H and O–H groups in total. The number of hydrazine groups is 1. The first-order valence-electron chi connectivity index (χ1n) is 6.76. The van der Waals surface area contributed by atoms with E-state index in [4.69, 9.17) is 5.84 Å². The standard InChI is InChI=1S/C13H22N4O2S/c1-17-8-6-11(7-9-17)10-15-20(18,19)13-4-2-12(16-14)3-5-13/h2-5,11,15-16H,6-10,14H2,1H3. The van der Waals surface area contributed by atoms with Gasteiger partial charge in [-0.05, 0) is 63.2 Å². The van der Waals surface area contributed by atoms with Crippen LogP contribution in [0.3, 0.4) is 0 Å². The van der Waals surface area contributed by atoms with Gasteiger partial charge in [-0.3, -0.25) is 5.84 Å². The average molecular weight is 298 g/mol. The largest absolute Gasteiger partial charge is 0.324 e. The van der Waals surface area contributed by atoms with Crippen LogP contribution in [-0.4, -0.2) is 40.0 Å². The van der Waals surface area contributed by atoms with Crippen LogP contribution in [0.15, 0.2) is 29.2 Å². The summed E-state index contributed by atoms with van der Waals surface area (Å²) in [7, 11) is -1.34. The predicted molar refractivity (Wildman–Crippen MR) is 79.7 cm³/mol. The number of rotatable bonds is 5. The molecule has 0 radical (unpaired) electrons. The summed E-state index contributed by atoms with van der Waals surface area (Å²) in [6, 6.07) is 6.38. The van der Waals surface area contributed by atoms with E-state index in [0.29, 0.717) is 18.2 Å². The molecular formula is C13H22N4O2S. The topological polar surface area (TPSA) is 87.5 Å². The molecule has 0 amide bonds. The third-order valence-electron chi connectivity index (χ3n) is 3.73. The molecule has 0 atom stereocenters. The lowest BCUT2D eigenvalue weighted by Crippen LogP contribution is -2.36. The number of hydrogen-bond donors (Lipinski definition) is 3. The van der Waals surface area contributed by atoms with E-state index in [2.05, 4.69) is 22.1 Å². The van der Waals surface area contributed by atoms with Crippen molar-refractivity contribution < 1.29 is 8.42 Å². The highest BCUT2D eigenvalue weighted by Crippen LogP contribution is 2.17. The van der Waals surface area contributed by atoms with Crippen molar-refractivity contribution >= 4 is 15.7 Å². The van der Waals surface area contributed by atoms with Crippen LogP contribution in [-0.2, 0) is 10.0 Å². The summed E-state index contributed by atoms with van der Waals surface area (Å²) in [4.78, 5) is 2.54. The van der Waals surface area contributed by atoms with Crippen LogP contribution in [0.2, 0.25) is 0 Å². The van der Waals surface area contributed by atoms with E-state index in [1.165, 1.54) is 0 Å². The van der Waals surface area contributed by atoms with Gasteiger partial charge in [0.2, 0.25) is 10.0 Å². The molecule has 1 aliphatic rings. The number of nitrogens with two attached hydrogens (primary N) is 1. The Hall–Kier alpha value is -1.15. The van der Waals surface area contributed by atoms with E-state index >= 15 is 0 Å². The summed E-state index contributed by atoms with van der Waals surface area (Å²) in [5.41, 5.74) is 3.15. The maximum absolute atomic E-state index is 12.2. The summed E-state index contributed by atoms with van der Waals surface area (Å²) < 4.78 is 27.0. The number of likely N-dealkylation sites (tertiary alicyclic amines) is 1. The molecule has 1 aromatic carbocycles. The fourth-order valence-electron chi connectivity index (χ4n) is 2.31. The van der Waals surface area contributed by atoms with Gasteiger partial charge in [-0.25, -0.2) is 13.1 Å². The van der Waals surface area contributed by atoms with Gasteiger partial charge in [0.15, 0.2) is 0 Å². The van der Waals surface area contributed by atoms with Crippen molar-refractivity contribution in [2.45, 2.75) is 17.7 Å². The van der Waals surface area contributed by atoms with Crippen molar-refractivity contribution in [2.24, 2.45) is 11.8 Å². The number of hydrogen-bond acceptors (Lipinski definition) is 5. The lowest BCUT2D eigenvalue weighted by atomic mass is 9.98. The van der Waals surface area contributed by atoms with E-state index < -0.39 is 10.0 Å². The van der Waals surface area contributed by atoms with E-state index in [9.17, 15) is 8.42 Å². The molecule has 0 aliphatic carbocycles. The number of nitrogens with one attached hydrogen (secondary N) is 2. The van der Waals surface area contributed by atoms with Crippen LogP contribution < -0.4 is 16.0 Å². The fourth-order valence-corrected chi connectivity index (χ4v) is 3.42.